The zero-order valence-electron chi connectivity index (χ0n) is 18.8. The van der Waals surface area contributed by atoms with Crippen molar-refractivity contribution >= 4 is 29.9 Å². The second-order valence-corrected chi connectivity index (χ2v) is 8.86. The summed E-state index contributed by atoms with van der Waals surface area (Å²) < 4.78 is 20.0. The number of hydrogen-bond acceptors (Lipinski definition) is 3. The van der Waals surface area contributed by atoms with Crippen molar-refractivity contribution in [1.82, 2.24) is 15.5 Å². The Morgan fingerprint density at radius 3 is 2.63 bits per heavy atom. The van der Waals surface area contributed by atoms with Crippen molar-refractivity contribution < 1.29 is 9.13 Å². The second-order valence-electron chi connectivity index (χ2n) is 8.86. The number of halogens is 2. The number of benzene rings is 1. The van der Waals surface area contributed by atoms with Crippen LogP contribution in [0.3, 0.4) is 0 Å². The lowest BCUT2D eigenvalue weighted by molar-refractivity contribution is 0.141. The molecule has 0 bridgehead atoms. The van der Waals surface area contributed by atoms with Crippen molar-refractivity contribution in [1.29, 1.82) is 0 Å². The van der Waals surface area contributed by atoms with Gasteiger partial charge in [0.2, 0.25) is 0 Å². The van der Waals surface area contributed by atoms with E-state index in [4.69, 9.17) is 4.74 Å². The van der Waals surface area contributed by atoms with Crippen molar-refractivity contribution in [3.8, 4) is 5.75 Å². The van der Waals surface area contributed by atoms with E-state index >= 15 is 0 Å². The van der Waals surface area contributed by atoms with Gasteiger partial charge < -0.3 is 20.3 Å². The minimum absolute atomic E-state index is 0. The van der Waals surface area contributed by atoms with Gasteiger partial charge in [0.15, 0.2) is 17.5 Å². The van der Waals surface area contributed by atoms with Gasteiger partial charge in [-0.3, -0.25) is 4.99 Å². The average Bonchev–Trinajstić information content (AvgIpc) is 3.54. The predicted octanol–water partition coefficient (Wildman–Crippen LogP) is 4.58. The third-order valence-corrected chi connectivity index (χ3v) is 6.04. The smallest absolute Gasteiger partial charge is 0.191 e. The molecule has 3 rings (SSSR count). The highest BCUT2D eigenvalue weighted by atomic mass is 127. The van der Waals surface area contributed by atoms with E-state index in [2.05, 4.69) is 34.4 Å². The summed E-state index contributed by atoms with van der Waals surface area (Å²) in [6, 6.07) is 5.78. The fraction of sp³-hybridized carbons (Fsp3) is 0.696. The molecule has 1 aliphatic carbocycles. The molecule has 1 heterocycles. The maximum Gasteiger partial charge on any atom is 0.191 e. The molecule has 2 fully saturated rings. The van der Waals surface area contributed by atoms with E-state index in [9.17, 15) is 4.39 Å². The van der Waals surface area contributed by atoms with Gasteiger partial charge in [-0.1, -0.05) is 6.07 Å². The highest BCUT2D eigenvalue weighted by molar-refractivity contribution is 14.0. The summed E-state index contributed by atoms with van der Waals surface area (Å²) in [4.78, 5) is 6.90. The van der Waals surface area contributed by atoms with E-state index in [0.29, 0.717) is 30.2 Å². The molecule has 2 aliphatic rings. The molecule has 2 N–H and O–H groups in total. The first-order chi connectivity index (χ1) is 14.0. The Labute approximate surface area is 198 Å². The topological polar surface area (TPSA) is 48.9 Å². The zero-order valence-corrected chi connectivity index (χ0v) is 21.1. The Kier molecular flexibility index (Phi) is 10.1. The molecule has 0 amide bonds. The largest absolute Gasteiger partial charge is 0.490 e. The molecule has 1 aromatic carbocycles. The molecule has 170 valence electrons. The summed E-state index contributed by atoms with van der Waals surface area (Å²) in [7, 11) is 1.78. The average molecular weight is 532 g/mol. The fourth-order valence-electron chi connectivity index (χ4n) is 3.85. The van der Waals surface area contributed by atoms with Crippen molar-refractivity contribution in [2.45, 2.75) is 58.5 Å². The summed E-state index contributed by atoms with van der Waals surface area (Å²) in [6.07, 6.45) is 4.89. The second kappa shape index (κ2) is 12.1. The summed E-state index contributed by atoms with van der Waals surface area (Å²) in [5.74, 6) is 2.05. The summed E-state index contributed by atoms with van der Waals surface area (Å²) >= 11 is 0. The summed E-state index contributed by atoms with van der Waals surface area (Å²) in [5.41, 5.74) is 0.882. The van der Waals surface area contributed by atoms with Gasteiger partial charge in [0.1, 0.15) is 0 Å². The van der Waals surface area contributed by atoms with Crippen molar-refractivity contribution in [2.24, 2.45) is 16.8 Å². The third kappa shape index (κ3) is 7.55. The summed E-state index contributed by atoms with van der Waals surface area (Å²) in [6.45, 7) is 10.4. The molecule has 7 heteroatoms. The lowest BCUT2D eigenvalue weighted by Gasteiger charge is -2.35. The van der Waals surface area contributed by atoms with Crippen LogP contribution in [0.1, 0.15) is 58.1 Å². The number of likely N-dealkylation sites (tertiary alicyclic amines) is 1. The highest BCUT2D eigenvalue weighted by Gasteiger charge is 2.23. The van der Waals surface area contributed by atoms with Crippen LogP contribution in [0.15, 0.2) is 23.2 Å². The van der Waals surface area contributed by atoms with Gasteiger partial charge in [-0.05, 0) is 82.5 Å². The van der Waals surface area contributed by atoms with Crippen LogP contribution in [0.4, 0.5) is 4.39 Å². The first kappa shape index (κ1) is 25.2. The van der Waals surface area contributed by atoms with Gasteiger partial charge >= 0.3 is 0 Å². The first-order valence-electron chi connectivity index (χ1n) is 11.1. The molecule has 30 heavy (non-hydrogen) atoms. The Bertz CT molecular complexity index is 696. The Balaban J connectivity index is 0.00000320. The van der Waals surface area contributed by atoms with Crippen LogP contribution in [-0.4, -0.2) is 50.2 Å². The minimum Gasteiger partial charge on any atom is -0.490 e. The number of nitrogens with one attached hydrogen (secondary N) is 2. The quantitative estimate of drug-likeness (QED) is 0.293. The third-order valence-electron chi connectivity index (χ3n) is 6.04. The standard InChI is InChI=1S/C23H37FN4O.HI/c1-16(2)28-11-5-6-19(14-28)13-26-23(25-4)27-17(3)20-9-10-22(21(24)12-20)29-15-18-7-8-18;/h9-10,12,16-19H,5-8,11,13-15H2,1-4H3,(H2,25,26,27);1H. The predicted molar refractivity (Wildman–Crippen MR) is 132 cm³/mol. The van der Waals surface area contributed by atoms with Crippen molar-refractivity contribution in [3.05, 3.63) is 29.6 Å². The lowest BCUT2D eigenvalue weighted by Crippen LogP contribution is -2.46. The molecule has 1 aromatic rings. The van der Waals surface area contributed by atoms with Gasteiger partial charge in [-0.15, -0.1) is 24.0 Å². The minimum atomic E-state index is -0.296. The maximum atomic E-state index is 14.4. The molecule has 5 nitrogen and oxygen atoms in total. The Morgan fingerprint density at radius 1 is 1.23 bits per heavy atom. The molecule has 2 unspecified atom stereocenters. The van der Waals surface area contributed by atoms with Crippen LogP contribution >= 0.6 is 24.0 Å². The molecular weight excluding hydrogens is 494 g/mol. The molecule has 1 saturated heterocycles. The first-order valence-corrected chi connectivity index (χ1v) is 11.1. The number of nitrogens with zero attached hydrogens (tertiary/aromatic N) is 2. The molecular formula is C23H38FIN4O. The van der Waals surface area contributed by atoms with Crippen molar-refractivity contribution in [2.75, 3.05) is 33.3 Å². The molecule has 1 saturated carbocycles. The highest BCUT2D eigenvalue weighted by Crippen LogP contribution is 2.30. The Morgan fingerprint density at radius 2 is 2.00 bits per heavy atom. The van der Waals surface area contributed by atoms with Crippen LogP contribution < -0.4 is 15.4 Å². The molecule has 0 aromatic heterocycles. The van der Waals surface area contributed by atoms with Crippen LogP contribution in [0.2, 0.25) is 0 Å². The Hall–Kier alpha value is -1.09. The van der Waals surface area contributed by atoms with Crippen LogP contribution in [0.5, 0.6) is 5.75 Å². The maximum absolute atomic E-state index is 14.4. The van der Waals surface area contributed by atoms with Crippen LogP contribution in [0.25, 0.3) is 0 Å². The molecule has 0 radical (unpaired) electrons. The summed E-state index contributed by atoms with van der Waals surface area (Å²) in [5, 5.41) is 6.84. The van der Waals surface area contributed by atoms with E-state index in [1.807, 2.05) is 13.0 Å². The van der Waals surface area contributed by atoms with Crippen LogP contribution in [-0.2, 0) is 0 Å². The monoisotopic (exact) mass is 532 g/mol. The van der Waals surface area contributed by atoms with Gasteiger partial charge in [0.25, 0.3) is 0 Å². The van der Waals surface area contributed by atoms with E-state index < -0.39 is 0 Å². The van der Waals surface area contributed by atoms with Gasteiger partial charge in [0.05, 0.1) is 12.6 Å². The van der Waals surface area contributed by atoms with E-state index in [1.165, 1.54) is 32.2 Å². The van der Waals surface area contributed by atoms with Crippen LogP contribution in [0, 0.1) is 17.7 Å². The number of aliphatic imine (C=N–C) groups is 1. The van der Waals surface area contributed by atoms with Gasteiger partial charge in [-0.2, -0.15) is 0 Å². The number of guanidine groups is 1. The number of piperidine rings is 1. The SMILES string of the molecule is CN=C(NCC1CCCN(C(C)C)C1)NC(C)c1ccc(OCC2CC2)c(F)c1.I. The fourth-order valence-corrected chi connectivity index (χ4v) is 3.85. The van der Waals surface area contributed by atoms with E-state index in [1.54, 1.807) is 19.2 Å². The number of rotatable bonds is 8. The van der Waals surface area contributed by atoms with E-state index in [-0.39, 0.29) is 35.8 Å². The normalized spacial score (nSPS) is 21.1. The number of hydrogen-bond donors (Lipinski definition) is 2. The van der Waals surface area contributed by atoms with Gasteiger partial charge in [0, 0.05) is 26.2 Å². The number of ether oxygens (including phenoxy) is 1. The lowest BCUT2D eigenvalue weighted by atomic mass is 9.97. The van der Waals surface area contributed by atoms with Crippen molar-refractivity contribution in [3.63, 3.8) is 0 Å². The molecule has 0 spiro atoms. The molecule has 1 aliphatic heterocycles. The zero-order chi connectivity index (χ0) is 20.8. The van der Waals surface area contributed by atoms with Gasteiger partial charge in [-0.25, -0.2) is 4.39 Å². The molecule has 2 atom stereocenters. The van der Waals surface area contributed by atoms with E-state index in [0.717, 1.165) is 24.6 Å².